The van der Waals surface area contributed by atoms with E-state index in [-0.39, 0.29) is 16.5 Å². The van der Waals surface area contributed by atoms with Gasteiger partial charge < -0.3 is 5.32 Å². The van der Waals surface area contributed by atoms with Crippen molar-refractivity contribution in [3.8, 4) is 6.07 Å². The summed E-state index contributed by atoms with van der Waals surface area (Å²) in [4.78, 5) is 27.7. The molecule has 1 unspecified atom stereocenters. The van der Waals surface area contributed by atoms with Gasteiger partial charge in [0, 0.05) is 16.4 Å². The average molecular weight is 478 g/mol. The summed E-state index contributed by atoms with van der Waals surface area (Å²) in [7, 11) is 0. The van der Waals surface area contributed by atoms with Crippen molar-refractivity contribution >= 4 is 46.6 Å². The molecule has 2 amide bonds. The lowest BCUT2D eigenvalue weighted by Crippen LogP contribution is -2.31. The zero-order chi connectivity index (χ0) is 23.4. The molecule has 0 spiro atoms. The van der Waals surface area contributed by atoms with Crippen LogP contribution in [0.15, 0.2) is 89.5 Å². The fraction of sp³-hybridized carbons (Fsp3) is 0.0800. The Morgan fingerprint density at radius 3 is 2.39 bits per heavy atom. The molecular formula is C25H17ClFN3O2S. The van der Waals surface area contributed by atoms with Gasteiger partial charge in [0.2, 0.25) is 5.91 Å². The fourth-order valence-electron chi connectivity index (χ4n) is 3.39. The van der Waals surface area contributed by atoms with Crippen molar-refractivity contribution in [2.45, 2.75) is 11.7 Å². The van der Waals surface area contributed by atoms with E-state index in [1.54, 1.807) is 42.5 Å². The van der Waals surface area contributed by atoms with Crippen LogP contribution in [0.3, 0.4) is 0 Å². The minimum atomic E-state index is -0.635. The lowest BCUT2D eigenvalue weighted by atomic mass is 10.1. The van der Waals surface area contributed by atoms with E-state index in [4.69, 9.17) is 11.6 Å². The Hall–Kier alpha value is -3.60. The monoisotopic (exact) mass is 477 g/mol. The Kier molecular flexibility index (Phi) is 6.78. The largest absolute Gasteiger partial charge is 0.321 e. The summed E-state index contributed by atoms with van der Waals surface area (Å²) in [6.45, 7) is 0. The first-order chi connectivity index (χ1) is 16.0. The van der Waals surface area contributed by atoms with Crippen LogP contribution < -0.4 is 10.2 Å². The van der Waals surface area contributed by atoms with Gasteiger partial charge in [-0.1, -0.05) is 59.8 Å². The summed E-state index contributed by atoms with van der Waals surface area (Å²) < 4.78 is 13.5. The van der Waals surface area contributed by atoms with Crippen molar-refractivity contribution in [3.63, 3.8) is 0 Å². The average Bonchev–Trinajstić information content (AvgIpc) is 3.12. The van der Waals surface area contributed by atoms with Gasteiger partial charge in [-0.05, 0) is 54.4 Å². The Balaban J connectivity index is 1.74. The smallest absolute Gasteiger partial charge is 0.269 e. The number of nitriles is 1. The molecule has 1 aliphatic rings. The molecule has 0 aromatic heterocycles. The van der Waals surface area contributed by atoms with Crippen LogP contribution in [0.5, 0.6) is 0 Å². The number of anilines is 2. The van der Waals surface area contributed by atoms with Gasteiger partial charge in [-0.25, -0.2) is 4.39 Å². The summed E-state index contributed by atoms with van der Waals surface area (Å²) in [5.74, 6) is -1.41. The third kappa shape index (κ3) is 4.92. The molecule has 0 bridgehead atoms. The number of hydrogen-bond acceptors (Lipinski definition) is 4. The molecule has 1 fully saturated rings. The second-order valence-electron chi connectivity index (χ2n) is 7.16. The van der Waals surface area contributed by atoms with Gasteiger partial charge in [-0.15, -0.1) is 0 Å². The summed E-state index contributed by atoms with van der Waals surface area (Å²) in [5.41, 5.74) is 1.46. The number of rotatable bonds is 5. The van der Waals surface area contributed by atoms with Crippen LogP contribution in [0.2, 0.25) is 5.02 Å². The number of carbonyl (C=O) groups excluding carboxylic acids is 2. The van der Waals surface area contributed by atoms with E-state index in [2.05, 4.69) is 5.32 Å². The quantitative estimate of drug-likeness (QED) is 0.386. The molecule has 1 heterocycles. The molecule has 0 saturated carbocycles. The van der Waals surface area contributed by atoms with Gasteiger partial charge in [0.15, 0.2) is 0 Å². The predicted octanol–water partition coefficient (Wildman–Crippen LogP) is 5.54. The van der Waals surface area contributed by atoms with Crippen LogP contribution in [0.4, 0.5) is 15.8 Å². The van der Waals surface area contributed by atoms with E-state index in [0.717, 1.165) is 17.3 Å². The Morgan fingerprint density at radius 2 is 1.73 bits per heavy atom. The number of nitrogens with one attached hydrogen (secondary N) is 1. The normalized spacial score (nSPS) is 16.9. The lowest BCUT2D eigenvalue weighted by Gasteiger charge is -2.18. The second kappa shape index (κ2) is 9.90. The van der Waals surface area contributed by atoms with Gasteiger partial charge in [0.1, 0.15) is 22.5 Å². The predicted molar refractivity (Wildman–Crippen MR) is 128 cm³/mol. The summed E-state index contributed by atoms with van der Waals surface area (Å²) >= 11 is 7.41. The number of benzene rings is 3. The number of para-hydroxylation sites is 1. The molecule has 33 heavy (non-hydrogen) atoms. The number of thioether (sulfide) groups is 1. The van der Waals surface area contributed by atoms with Crippen molar-refractivity contribution in [1.29, 1.82) is 5.26 Å². The Morgan fingerprint density at radius 1 is 1.06 bits per heavy atom. The van der Waals surface area contributed by atoms with Crippen LogP contribution in [-0.4, -0.2) is 17.1 Å². The van der Waals surface area contributed by atoms with Crippen LogP contribution in [0, 0.1) is 17.1 Å². The first kappa shape index (κ1) is 22.6. The highest BCUT2D eigenvalue weighted by Crippen LogP contribution is 2.42. The van der Waals surface area contributed by atoms with Crippen LogP contribution >= 0.6 is 23.4 Å². The molecule has 1 N–H and O–H groups in total. The first-order valence-electron chi connectivity index (χ1n) is 9.98. The second-order valence-corrected chi connectivity index (χ2v) is 8.76. The molecule has 164 valence electrons. The van der Waals surface area contributed by atoms with Gasteiger partial charge >= 0.3 is 0 Å². The number of amides is 2. The van der Waals surface area contributed by atoms with Crippen molar-refractivity contribution in [2.24, 2.45) is 0 Å². The van der Waals surface area contributed by atoms with Crippen molar-refractivity contribution in [1.82, 2.24) is 0 Å². The number of nitrogens with zero attached hydrogens (tertiary/aromatic N) is 2. The minimum absolute atomic E-state index is 0.194. The van der Waals surface area contributed by atoms with E-state index >= 15 is 0 Å². The molecule has 3 aromatic rings. The summed E-state index contributed by atoms with van der Waals surface area (Å²) in [5, 5.41) is 12.6. The molecular weight excluding hydrogens is 461 g/mol. The van der Waals surface area contributed by atoms with E-state index in [9.17, 15) is 19.2 Å². The molecule has 0 aliphatic carbocycles. The van der Waals surface area contributed by atoms with Crippen molar-refractivity contribution < 1.29 is 14.0 Å². The van der Waals surface area contributed by atoms with Crippen LogP contribution in [0.1, 0.15) is 5.56 Å². The van der Waals surface area contributed by atoms with E-state index < -0.39 is 17.0 Å². The van der Waals surface area contributed by atoms with E-state index in [1.807, 2.05) is 18.2 Å². The Bertz CT molecular complexity index is 1270. The molecule has 3 aromatic carbocycles. The highest BCUT2D eigenvalue weighted by Gasteiger charge is 2.41. The molecule has 4 rings (SSSR count). The van der Waals surface area contributed by atoms with E-state index in [0.29, 0.717) is 22.8 Å². The maximum absolute atomic E-state index is 13.5. The van der Waals surface area contributed by atoms with Gasteiger partial charge in [-0.3, -0.25) is 14.5 Å². The molecule has 0 radical (unpaired) electrons. The maximum Gasteiger partial charge on any atom is 0.269 e. The third-order valence-electron chi connectivity index (χ3n) is 4.99. The fourth-order valence-corrected chi connectivity index (χ4v) is 4.90. The first-order valence-corrected chi connectivity index (χ1v) is 11.2. The lowest BCUT2D eigenvalue weighted by molar-refractivity contribution is -0.117. The zero-order valence-electron chi connectivity index (χ0n) is 17.2. The Labute approximate surface area is 199 Å². The number of hydrogen-bond donors (Lipinski definition) is 1. The van der Waals surface area contributed by atoms with Crippen molar-refractivity contribution in [3.05, 3.63) is 106 Å². The summed E-state index contributed by atoms with van der Waals surface area (Å²) in [6, 6.07) is 23.2. The summed E-state index contributed by atoms with van der Waals surface area (Å²) in [6.07, 6.45) is 0.309. The number of halogens is 2. The van der Waals surface area contributed by atoms with Crippen LogP contribution in [0.25, 0.3) is 0 Å². The maximum atomic E-state index is 13.5. The molecule has 8 heteroatoms. The third-order valence-corrected chi connectivity index (χ3v) is 6.62. The molecule has 5 nitrogen and oxygen atoms in total. The standard InChI is InChI=1S/C25H17ClFN3O2S/c26-21-9-5-4-6-16(21)14-22-24(32)30(19-12-10-17(27)11-13-19)25(33-22)20(15-28)23(31)29-18-7-2-1-3-8-18/h1-13,22H,14H2,(H,29,31). The highest BCUT2D eigenvalue weighted by molar-refractivity contribution is 8.05. The highest BCUT2D eigenvalue weighted by atomic mass is 35.5. The van der Waals surface area contributed by atoms with Crippen molar-refractivity contribution in [2.75, 3.05) is 10.2 Å². The van der Waals surface area contributed by atoms with E-state index in [1.165, 1.54) is 29.2 Å². The molecule has 1 saturated heterocycles. The topological polar surface area (TPSA) is 73.2 Å². The van der Waals surface area contributed by atoms with Gasteiger partial charge in [0.05, 0.1) is 5.25 Å². The van der Waals surface area contributed by atoms with Crippen LogP contribution in [-0.2, 0) is 16.0 Å². The van der Waals surface area contributed by atoms with Gasteiger partial charge in [0.25, 0.3) is 5.91 Å². The number of carbonyl (C=O) groups is 2. The zero-order valence-corrected chi connectivity index (χ0v) is 18.7. The minimum Gasteiger partial charge on any atom is -0.321 e. The van der Waals surface area contributed by atoms with Gasteiger partial charge in [-0.2, -0.15) is 5.26 Å². The SMILES string of the molecule is N#CC(C(=O)Nc1ccccc1)=C1SC(Cc2ccccc2Cl)C(=O)N1c1ccc(F)cc1. The molecule has 1 aliphatic heterocycles. The molecule has 1 atom stereocenters.